The Morgan fingerprint density at radius 1 is 1.16 bits per heavy atom. The van der Waals surface area contributed by atoms with E-state index in [-0.39, 0.29) is 16.4 Å². The van der Waals surface area contributed by atoms with Gasteiger partial charge in [-0.15, -0.1) is 0 Å². The van der Waals surface area contributed by atoms with Gasteiger partial charge in [-0.2, -0.15) is 5.26 Å². The maximum Gasteiger partial charge on any atom is 0.267 e. The summed E-state index contributed by atoms with van der Waals surface area (Å²) in [4.78, 5) is 23.6. The minimum atomic E-state index is -0.617. The number of carbonyl (C=O) groups excluding carboxylic acids is 2. The lowest BCUT2D eigenvalue weighted by Crippen LogP contribution is -2.15. The zero-order valence-corrected chi connectivity index (χ0v) is 14.7. The zero-order chi connectivity index (χ0) is 18.4. The molecule has 2 aromatic carbocycles. The summed E-state index contributed by atoms with van der Waals surface area (Å²) in [5, 5.41) is 15.2. The Kier molecular flexibility index (Phi) is 6.18. The summed E-state index contributed by atoms with van der Waals surface area (Å²) in [5.74, 6) is -0.738. The van der Waals surface area contributed by atoms with Gasteiger partial charge in [-0.1, -0.05) is 41.4 Å². The number of nitriles is 1. The van der Waals surface area contributed by atoms with Crippen molar-refractivity contribution in [2.75, 3.05) is 10.6 Å². The first-order valence-electron chi connectivity index (χ1n) is 7.15. The number of benzene rings is 2. The Morgan fingerprint density at radius 2 is 1.88 bits per heavy atom. The van der Waals surface area contributed by atoms with Gasteiger partial charge in [0.15, 0.2) is 5.78 Å². The van der Waals surface area contributed by atoms with Gasteiger partial charge in [-0.3, -0.25) is 9.59 Å². The van der Waals surface area contributed by atoms with E-state index in [0.717, 1.165) is 0 Å². The van der Waals surface area contributed by atoms with Crippen LogP contribution < -0.4 is 10.6 Å². The van der Waals surface area contributed by atoms with Crippen LogP contribution in [0.2, 0.25) is 10.0 Å². The summed E-state index contributed by atoms with van der Waals surface area (Å²) in [6.07, 6.45) is 1.24. The molecule has 0 unspecified atom stereocenters. The molecule has 0 heterocycles. The van der Waals surface area contributed by atoms with E-state index >= 15 is 0 Å². The molecule has 2 N–H and O–H groups in total. The molecule has 0 saturated carbocycles. The summed E-state index contributed by atoms with van der Waals surface area (Å²) in [6.45, 7) is 1.43. The van der Waals surface area contributed by atoms with Gasteiger partial charge in [-0.25, -0.2) is 0 Å². The molecule has 126 valence electrons. The second kappa shape index (κ2) is 8.34. The quantitative estimate of drug-likeness (QED) is 0.453. The smallest absolute Gasteiger partial charge is 0.267 e. The number of anilines is 2. The third-order valence-corrected chi connectivity index (χ3v) is 4.03. The summed E-state index contributed by atoms with van der Waals surface area (Å²) in [7, 11) is 0. The SMILES string of the molecule is CC(=O)c1cccc(NC(=O)/C(C#N)=C\Nc2cccc(Cl)c2Cl)c1. The molecular weight excluding hydrogens is 361 g/mol. The van der Waals surface area contributed by atoms with Crippen LogP contribution in [0.1, 0.15) is 17.3 Å². The summed E-state index contributed by atoms with van der Waals surface area (Å²) >= 11 is 11.9. The van der Waals surface area contributed by atoms with Crippen LogP contribution in [0.5, 0.6) is 0 Å². The number of Topliss-reactive ketones (excluding diaryl/α,β-unsaturated/α-hetero) is 1. The van der Waals surface area contributed by atoms with Crippen molar-refractivity contribution < 1.29 is 9.59 Å². The van der Waals surface area contributed by atoms with Gasteiger partial charge >= 0.3 is 0 Å². The van der Waals surface area contributed by atoms with E-state index in [0.29, 0.717) is 22.0 Å². The van der Waals surface area contributed by atoms with E-state index in [9.17, 15) is 14.9 Å². The van der Waals surface area contributed by atoms with E-state index in [1.54, 1.807) is 36.4 Å². The van der Waals surface area contributed by atoms with Gasteiger partial charge in [0.2, 0.25) is 0 Å². The van der Waals surface area contributed by atoms with E-state index in [2.05, 4.69) is 10.6 Å². The van der Waals surface area contributed by atoms with Gasteiger partial charge in [0, 0.05) is 17.5 Å². The predicted molar refractivity (Wildman–Crippen MR) is 98.9 cm³/mol. The average Bonchev–Trinajstić information content (AvgIpc) is 2.59. The highest BCUT2D eigenvalue weighted by atomic mass is 35.5. The first-order valence-corrected chi connectivity index (χ1v) is 7.91. The molecule has 2 rings (SSSR count). The molecular formula is C18H13Cl2N3O2. The van der Waals surface area contributed by atoms with Crippen molar-refractivity contribution in [2.45, 2.75) is 6.92 Å². The fraction of sp³-hybridized carbons (Fsp3) is 0.0556. The van der Waals surface area contributed by atoms with Gasteiger partial charge in [0.05, 0.1) is 15.7 Å². The number of carbonyl (C=O) groups is 2. The molecule has 0 aliphatic rings. The van der Waals surface area contributed by atoms with Crippen molar-refractivity contribution in [3.8, 4) is 6.07 Å². The maximum absolute atomic E-state index is 12.2. The van der Waals surface area contributed by atoms with Gasteiger partial charge in [0.1, 0.15) is 11.6 Å². The van der Waals surface area contributed by atoms with Crippen LogP contribution in [0, 0.1) is 11.3 Å². The molecule has 7 heteroatoms. The number of nitrogens with zero attached hydrogens (tertiary/aromatic N) is 1. The van der Waals surface area contributed by atoms with Crippen molar-refractivity contribution in [2.24, 2.45) is 0 Å². The van der Waals surface area contributed by atoms with Crippen LogP contribution in [0.25, 0.3) is 0 Å². The number of ketones is 1. The van der Waals surface area contributed by atoms with Crippen LogP contribution in [0.4, 0.5) is 11.4 Å². The Balaban J connectivity index is 2.16. The lowest BCUT2D eigenvalue weighted by atomic mass is 10.1. The molecule has 0 spiro atoms. The van der Waals surface area contributed by atoms with E-state index in [4.69, 9.17) is 23.2 Å². The lowest BCUT2D eigenvalue weighted by molar-refractivity contribution is -0.112. The van der Waals surface area contributed by atoms with Crippen LogP contribution in [-0.2, 0) is 4.79 Å². The standard InChI is InChI=1S/C18H13Cl2N3O2/c1-11(24)12-4-2-5-14(8-12)23-18(25)13(9-21)10-22-16-7-3-6-15(19)17(16)20/h2-8,10,22H,1H3,(H,23,25)/b13-10-. The third-order valence-electron chi connectivity index (χ3n) is 3.22. The molecule has 2 aromatic rings. The summed E-state index contributed by atoms with van der Waals surface area (Å²) in [6, 6.07) is 13.2. The van der Waals surface area contributed by atoms with Crippen LogP contribution >= 0.6 is 23.2 Å². The molecule has 0 atom stereocenters. The Hall–Kier alpha value is -2.81. The van der Waals surface area contributed by atoms with E-state index in [1.807, 2.05) is 6.07 Å². The molecule has 0 saturated heterocycles. The lowest BCUT2D eigenvalue weighted by Gasteiger charge is -2.07. The van der Waals surface area contributed by atoms with Crippen LogP contribution in [0.3, 0.4) is 0 Å². The highest BCUT2D eigenvalue weighted by molar-refractivity contribution is 6.43. The third kappa shape index (κ3) is 4.83. The van der Waals surface area contributed by atoms with Gasteiger partial charge in [-0.05, 0) is 31.2 Å². The minimum absolute atomic E-state index is 0.121. The summed E-state index contributed by atoms with van der Waals surface area (Å²) < 4.78 is 0. The monoisotopic (exact) mass is 373 g/mol. The Labute approximate surface area is 154 Å². The van der Waals surface area contributed by atoms with Crippen molar-refractivity contribution in [1.29, 1.82) is 5.26 Å². The number of amides is 1. The molecule has 5 nitrogen and oxygen atoms in total. The highest BCUT2D eigenvalue weighted by Crippen LogP contribution is 2.29. The maximum atomic E-state index is 12.2. The van der Waals surface area contributed by atoms with Crippen molar-refractivity contribution >= 4 is 46.3 Å². The van der Waals surface area contributed by atoms with Crippen molar-refractivity contribution in [3.63, 3.8) is 0 Å². The minimum Gasteiger partial charge on any atom is -0.359 e. The second-order valence-corrected chi connectivity index (χ2v) is 5.79. The fourth-order valence-electron chi connectivity index (χ4n) is 1.93. The first-order chi connectivity index (χ1) is 11.9. The largest absolute Gasteiger partial charge is 0.359 e. The summed E-state index contributed by atoms with van der Waals surface area (Å²) in [5.41, 5.74) is 1.18. The molecule has 0 fully saturated rings. The van der Waals surface area contributed by atoms with Crippen molar-refractivity contribution in [3.05, 3.63) is 69.8 Å². The number of halogens is 2. The number of rotatable bonds is 5. The molecule has 0 aliphatic heterocycles. The first kappa shape index (κ1) is 18.5. The van der Waals surface area contributed by atoms with Gasteiger partial charge in [0.25, 0.3) is 5.91 Å². The number of hydrogen-bond donors (Lipinski definition) is 2. The topological polar surface area (TPSA) is 82.0 Å². The number of nitrogens with one attached hydrogen (secondary N) is 2. The molecule has 0 aromatic heterocycles. The zero-order valence-electron chi connectivity index (χ0n) is 13.1. The predicted octanol–water partition coefficient (Wildman–Crippen LogP) is 4.65. The average molecular weight is 374 g/mol. The number of hydrogen-bond acceptors (Lipinski definition) is 4. The normalized spacial score (nSPS) is 10.7. The second-order valence-electron chi connectivity index (χ2n) is 5.01. The fourth-order valence-corrected chi connectivity index (χ4v) is 2.28. The van der Waals surface area contributed by atoms with Crippen LogP contribution in [-0.4, -0.2) is 11.7 Å². The molecule has 1 amide bonds. The van der Waals surface area contributed by atoms with E-state index in [1.165, 1.54) is 19.2 Å². The molecule has 0 aliphatic carbocycles. The van der Waals surface area contributed by atoms with Crippen LogP contribution in [0.15, 0.2) is 54.2 Å². The molecule has 25 heavy (non-hydrogen) atoms. The molecule has 0 bridgehead atoms. The van der Waals surface area contributed by atoms with Gasteiger partial charge < -0.3 is 10.6 Å². The molecule has 0 radical (unpaired) electrons. The Morgan fingerprint density at radius 3 is 2.56 bits per heavy atom. The highest BCUT2D eigenvalue weighted by Gasteiger charge is 2.11. The Bertz CT molecular complexity index is 901. The van der Waals surface area contributed by atoms with E-state index < -0.39 is 5.91 Å². The van der Waals surface area contributed by atoms with Crippen molar-refractivity contribution in [1.82, 2.24) is 0 Å².